The molecular formula is C17H19N5S. The van der Waals surface area contributed by atoms with E-state index in [9.17, 15) is 0 Å². The van der Waals surface area contributed by atoms with Crippen molar-refractivity contribution in [1.82, 2.24) is 20.0 Å². The summed E-state index contributed by atoms with van der Waals surface area (Å²) in [5.74, 6) is 1.42. The summed E-state index contributed by atoms with van der Waals surface area (Å²) in [7, 11) is 1.87. The van der Waals surface area contributed by atoms with Gasteiger partial charge in [0.2, 0.25) is 0 Å². The molecule has 1 unspecified atom stereocenters. The first kappa shape index (κ1) is 14.4. The molecule has 0 bridgehead atoms. The summed E-state index contributed by atoms with van der Waals surface area (Å²) in [6, 6.07) is 10.8. The molecule has 5 nitrogen and oxygen atoms in total. The van der Waals surface area contributed by atoms with E-state index in [4.69, 9.17) is 4.98 Å². The van der Waals surface area contributed by atoms with Crippen molar-refractivity contribution in [3.05, 3.63) is 57.7 Å². The molecule has 118 valence electrons. The molecule has 23 heavy (non-hydrogen) atoms. The van der Waals surface area contributed by atoms with E-state index in [0.717, 1.165) is 23.7 Å². The van der Waals surface area contributed by atoms with Crippen LogP contribution in [0.15, 0.2) is 36.5 Å². The molecule has 0 saturated heterocycles. The zero-order valence-corrected chi connectivity index (χ0v) is 13.9. The lowest BCUT2D eigenvalue weighted by Crippen LogP contribution is -2.11. The van der Waals surface area contributed by atoms with E-state index in [0.29, 0.717) is 12.5 Å². The molecule has 1 aliphatic rings. The highest BCUT2D eigenvalue weighted by Crippen LogP contribution is 2.35. The molecule has 0 aliphatic heterocycles. The van der Waals surface area contributed by atoms with Gasteiger partial charge in [0, 0.05) is 11.9 Å². The van der Waals surface area contributed by atoms with Gasteiger partial charge in [0.15, 0.2) is 5.82 Å². The number of hydrogen-bond acceptors (Lipinski definition) is 5. The maximum absolute atomic E-state index is 4.80. The Morgan fingerprint density at radius 3 is 2.96 bits per heavy atom. The van der Waals surface area contributed by atoms with Crippen molar-refractivity contribution in [2.75, 3.05) is 5.32 Å². The van der Waals surface area contributed by atoms with E-state index in [2.05, 4.69) is 46.0 Å². The molecule has 0 radical (unpaired) electrons. The van der Waals surface area contributed by atoms with Gasteiger partial charge in [-0.05, 0) is 30.7 Å². The summed E-state index contributed by atoms with van der Waals surface area (Å²) in [6.07, 6.45) is 5.26. The topological polar surface area (TPSA) is 55.6 Å². The van der Waals surface area contributed by atoms with Crippen LogP contribution in [0.4, 0.5) is 5.82 Å². The highest BCUT2D eigenvalue weighted by atomic mass is 32.1. The van der Waals surface area contributed by atoms with Gasteiger partial charge in [-0.2, -0.15) is 0 Å². The third-order valence-corrected chi connectivity index (χ3v) is 5.40. The molecule has 0 amide bonds. The molecular weight excluding hydrogens is 306 g/mol. The van der Waals surface area contributed by atoms with Crippen LogP contribution in [0.2, 0.25) is 0 Å². The van der Waals surface area contributed by atoms with Gasteiger partial charge >= 0.3 is 0 Å². The molecule has 4 rings (SSSR count). The van der Waals surface area contributed by atoms with Crippen LogP contribution in [0.25, 0.3) is 0 Å². The normalized spacial score (nSPS) is 17.0. The van der Waals surface area contributed by atoms with Gasteiger partial charge in [-0.15, -0.1) is 16.4 Å². The minimum atomic E-state index is 0.630. The summed E-state index contributed by atoms with van der Waals surface area (Å²) in [6.45, 7) is 0.715. The third-order valence-electron chi connectivity index (χ3n) is 4.28. The average molecular weight is 325 g/mol. The summed E-state index contributed by atoms with van der Waals surface area (Å²) in [5, 5.41) is 12.4. The fourth-order valence-corrected chi connectivity index (χ4v) is 4.24. The second-order valence-corrected chi connectivity index (χ2v) is 7.13. The molecule has 1 N–H and O–H groups in total. The fourth-order valence-electron chi connectivity index (χ4n) is 3.11. The van der Waals surface area contributed by atoms with Crippen molar-refractivity contribution >= 4 is 17.2 Å². The van der Waals surface area contributed by atoms with Gasteiger partial charge in [0.25, 0.3) is 0 Å². The Morgan fingerprint density at radius 2 is 2.17 bits per heavy atom. The van der Waals surface area contributed by atoms with E-state index in [1.165, 1.54) is 22.6 Å². The lowest BCUT2D eigenvalue weighted by atomic mass is 9.85. The molecule has 0 spiro atoms. The van der Waals surface area contributed by atoms with Gasteiger partial charge < -0.3 is 5.32 Å². The summed E-state index contributed by atoms with van der Waals surface area (Å²) in [4.78, 5) is 6.25. The quantitative estimate of drug-likeness (QED) is 0.800. The van der Waals surface area contributed by atoms with E-state index < -0.39 is 0 Å². The minimum absolute atomic E-state index is 0.630. The molecule has 2 aromatic heterocycles. The Labute approximate surface area is 139 Å². The van der Waals surface area contributed by atoms with Gasteiger partial charge in [0.05, 0.1) is 18.4 Å². The Morgan fingerprint density at radius 1 is 1.30 bits per heavy atom. The first-order valence-electron chi connectivity index (χ1n) is 7.90. The van der Waals surface area contributed by atoms with Crippen LogP contribution in [0, 0.1) is 0 Å². The van der Waals surface area contributed by atoms with Gasteiger partial charge in [-0.25, -0.2) is 4.98 Å². The molecule has 1 aliphatic carbocycles. The van der Waals surface area contributed by atoms with Crippen LogP contribution >= 0.6 is 11.3 Å². The number of rotatable bonds is 4. The van der Waals surface area contributed by atoms with Crippen LogP contribution in [-0.2, 0) is 26.4 Å². The van der Waals surface area contributed by atoms with E-state index in [-0.39, 0.29) is 0 Å². The number of aromatic nitrogens is 4. The second kappa shape index (κ2) is 6.12. The third kappa shape index (κ3) is 3.12. The Balaban J connectivity index is 1.45. The van der Waals surface area contributed by atoms with Crippen molar-refractivity contribution in [2.45, 2.75) is 31.7 Å². The van der Waals surface area contributed by atoms with Crippen molar-refractivity contribution < 1.29 is 0 Å². The highest BCUT2D eigenvalue weighted by Gasteiger charge is 2.23. The molecule has 1 aromatic carbocycles. The number of fused-ring (bicyclic) bond motifs is 1. The van der Waals surface area contributed by atoms with Crippen molar-refractivity contribution in [3.63, 3.8) is 0 Å². The first-order chi connectivity index (χ1) is 11.3. The first-order valence-corrected chi connectivity index (χ1v) is 8.72. The van der Waals surface area contributed by atoms with Crippen LogP contribution in [-0.4, -0.2) is 20.0 Å². The maximum Gasteiger partial charge on any atom is 0.168 e. The lowest BCUT2D eigenvalue weighted by Gasteiger charge is -2.21. The number of hydrogen-bond donors (Lipinski definition) is 1. The predicted molar refractivity (Wildman–Crippen MR) is 91.7 cm³/mol. The van der Waals surface area contributed by atoms with E-state index >= 15 is 0 Å². The van der Waals surface area contributed by atoms with Crippen LogP contribution in [0.1, 0.15) is 33.5 Å². The fraction of sp³-hybridized carbons (Fsp3) is 0.353. The molecule has 0 saturated carbocycles. The highest BCUT2D eigenvalue weighted by molar-refractivity contribution is 7.11. The van der Waals surface area contributed by atoms with Crippen molar-refractivity contribution in [2.24, 2.45) is 7.05 Å². The predicted octanol–water partition coefficient (Wildman–Crippen LogP) is 3.16. The number of aryl methyl sites for hydroxylation is 2. The summed E-state index contributed by atoms with van der Waals surface area (Å²) < 4.78 is 1.69. The average Bonchev–Trinajstić information content (AvgIpc) is 3.18. The number of thiazole rings is 1. The van der Waals surface area contributed by atoms with Crippen LogP contribution in [0.5, 0.6) is 0 Å². The zero-order valence-electron chi connectivity index (χ0n) is 13.1. The van der Waals surface area contributed by atoms with Crippen molar-refractivity contribution in [3.8, 4) is 0 Å². The number of benzene rings is 1. The minimum Gasteiger partial charge on any atom is -0.361 e. The smallest absolute Gasteiger partial charge is 0.168 e. The maximum atomic E-state index is 4.80. The monoisotopic (exact) mass is 325 g/mol. The molecule has 1 atom stereocenters. The standard InChI is InChI=1S/C17H19N5S/c1-22-11-16(20-21-22)18-10-17-19-14-8-7-13(9-15(14)23-17)12-5-3-2-4-6-12/h2-6,11,13,18H,7-10H2,1H3. The van der Waals surface area contributed by atoms with E-state index in [1.54, 1.807) is 4.68 Å². The van der Waals surface area contributed by atoms with Gasteiger partial charge in [-0.3, -0.25) is 4.68 Å². The number of nitrogens with zero attached hydrogens (tertiary/aromatic N) is 4. The zero-order chi connectivity index (χ0) is 15.6. The van der Waals surface area contributed by atoms with Crippen LogP contribution in [0.3, 0.4) is 0 Å². The second-order valence-electron chi connectivity index (χ2n) is 5.96. The van der Waals surface area contributed by atoms with Gasteiger partial charge in [-0.1, -0.05) is 35.5 Å². The SMILES string of the molecule is Cn1cc(NCc2nc3c(s2)CC(c2ccccc2)CC3)nn1. The van der Waals surface area contributed by atoms with E-state index in [1.807, 2.05) is 24.6 Å². The largest absolute Gasteiger partial charge is 0.361 e. The lowest BCUT2D eigenvalue weighted by molar-refractivity contribution is 0.584. The van der Waals surface area contributed by atoms with Crippen molar-refractivity contribution in [1.29, 1.82) is 0 Å². The molecule has 2 heterocycles. The van der Waals surface area contributed by atoms with Crippen LogP contribution < -0.4 is 5.32 Å². The Bertz CT molecular complexity index is 792. The molecule has 3 aromatic rings. The Kier molecular flexibility index (Phi) is 3.83. The number of anilines is 1. The number of nitrogens with one attached hydrogen (secondary N) is 1. The van der Waals surface area contributed by atoms with Gasteiger partial charge in [0.1, 0.15) is 5.01 Å². The molecule has 0 fully saturated rings. The summed E-state index contributed by atoms with van der Waals surface area (Å²) >= 11 is 1.83. The molecule has 6 heteroatoms. The Hall–Kier alpha value is -2.21. The summed E-state index contributed by atoms with van der Waals surface area (Å²) in [5.41, 5.74) is 2.74.